The highest BCUT2D eigenvalue weighted by atomic mass is 16.6. The summed E-state index contributed by atoms with van der Waals surface area (Å²) in [6.45, 7) is 5.37. The summed E-state index contributed by atoms with van der Waals surface area (Å²) in [5, 5.41) is 20.0. The summed E-state index contributed by atoms with van der Waals surface area (Å²) in [7, 11) is 0. The van der Waals surface area contributed by atoms with Gasteiger partial charge in [-0.15, -0.1) is 0 Å². The van der Waals surface area contributed by atoms with Crippen LogP contribution in [-0.4, -0.2) is 23.1 Å². The first kappa shape index (κ1) is 12.3. The van der Waals surface area contributed by atoms with Gasteiger partial charge in [-0.3, -0.25) is 10.1 Å². The molecule has 1 aromatic rings. The average molecular weight is 224 g/mol. The van der Waals surface area contributed by atoms with E-state index in [-0.39, 0.29) is 12.3 Å². The smallest absolute Gasteiger partial charge is 0.232 e. The number of phenolic OH excluding ortho intramolecular Hbond substituents is 1. The van der Waals surface area contributed by atoms with Crippen molar-refractivity contribution < 1.29 is 10.0 Å². The minimum atomic E-state index is -0.452. The Bertz CT molecular complexity index is 375. The Hall–Kier alpha value is -1.78. The van der Waals surface area contributed by atoms with Crippen LogP contribution in [0.3, 0.4) is 0 Å². The number of phenols is 1. The Morgan fingerprint density at radius 2 is 2.00 bits per heavy atom. The van der Waals surface area contributed by atoms with E-state index in [2.05, 4.69) is 4.90 Å². The van der Waals surface area contributed by atoms with Crippen molar-refractivity contribution in [2.75, 3.05) is 18.0 Å². The molecule has 0 fully saturated rings. The predicted octanol–water partition coefficient (Wildman–Crippen LogP) is 2.02. The van der Waals surface area contributed by atoms with Gasteiger partial charge in [0.2, 0.25) is 6.54 Å². The van der Waals surface area contributed by atoms with Crippen molar-refractivity contribution in [1.82, 2.24) is 0 Å². The third-order valence-corrected chi connectivity index (χ3v) is 2.50. The molecule has 0 amide bonds. The van der Waals surface area contributed by atoms with Crippen molar-refractivity contribution in [2.45, 2.75) is 20.4 Å². The van der Waals surface area contributed by atoms with Gasteiger partial charge in [0.15, 0.2) is 0 Å². The van der Waals surface area contributed by atoms with Crippen LogP contribution in [0.4, 0.5) is 5.69 Å². The first-order valence-electron chi connectivity index (χ1n) is 5.27. The summed E-state index contributed by atoms with van der Waals surface area (Å²) in [6, 6.07) is 4.98. The summed E-state index contributed by atoms with van der Waals surface area (Å²) in [6.07, 6.45) is 0. The molecule has 0 radical (unpaired) electrons. The molecule has 0 bridgehead atoms. The van der Waals surface area contributed by atoms with Crippen LogP contribution in [0.15, 0.2) is 18.2 Å². The highest BCUT2D eigenvalue weighted by Crippen LogP contribution is 2.25. The maximum atomic E-state index is 10.3. The molecule has 5 nitrogen and oxygen atoms in total. The monoisotopic (exact) mass is 224 g/mol. The maximum Gasteiger partial charge on any atom is 0.232 e. The quantitative estimate of drug-likeness (QED) is 0.613. The predicted molar refractivity (Wildman–Crippen MR) is 62.4 cm³/mol. The molecular weight excluding hydrogens is 208 g/mol. The van der Waals surface area contributed by atoms with Gasteiger partial charge >= 0.3 is 0 Å². The molecule has 1 rings (SSSR count). The first-order chi connectivity index (χ1) is 7.58. The highest BCUT2D eigenvalue weighted by Gasteiger charge is 2.10. The molecule has 16 heavy (non-hydrogen) atoms. The van der Waals surface area contributed by atoms with Crippen molar-refractivity contribution in [3.63, 3.8) is 0 Å². The Morgan fingerprint density at radius 3 is 2.44 bits per heavy atom. The maximum absolute atomic E-state index is 10.3. The van der Waals surface area contributed by atoms with E-state index in [1.807, 2.05) is 13.8 Å². The van der Waals surface area contributed by atoms with Gasteiger partial charge in [-0.2, -0.15) is 0 Å². The number of nitro groups is 1. The highest BCUT2D eigenvalue weighted by molar-refractivity contribution is 5.53. The average Bonchev–Trinajstić information content (AvgIpc) is 2.23. The van der Waals surface area contributed by atoms with Gasteiger partial charge in [0, 0.05) is 29.8 Å². The van der Waals surface area contributed by atoms with Crippen LogP contribution in [0.25, 0.3) is 0 Å². The molecule has 1 aromatic carbocycles. The van der Waals surface area contributed by atoms with Crippen LogP contribution < -0.4 is 4.90 Å². The van der Waals surface area contributed by atoms with E-state index < -0.39 is 4.92 Å². The Morgan fingerprint density at radius 1 is 1.38 bits per heavy atom. The van der Waals surface area contributed by atoms with E-state index in [1.54, 1.807) is 18.2 Å². The van der Waals surface area contributed by atoms with Gasteiger partial charge in [-0.25, -0.2) is 0 Å². The number of anilines is 1. The molecule has 0 saturated carbocycles. The van der Waals surface area contributed by atoms with Crippen molar-refractivity contribution in [2.24, 2.45) is 0 Å². The SMILES string of the molecule is CCN(CC)c1ccc(C[N+](=O)[O-])c(O)c1. The normalized spacial score (nSPS) is 10.1. The van der Waals surface area contributed by atoms with Crippen LogP contribution in [0.1, 0.15) is 19.4 Å². The summed E-state index contributed by atoms with van der Waals surface area (Å²) >= 11 is 0. The van der Waals surface area contributed by atoms with Crippen molar-refractivity contribution in [1.29, 1.82) is 0 Å². The minimum absolute atomic E-state index is 0.0129. The molecule has 0 aliphatic heterocycles. The zero-order chi connectivity index (χ0) is 12.1. The van der Waals surface area contributed by atoms with E-state index in [1.165, 1.54) is 0 Å². The molecule has 0 aliphatic carbocycles. The fraction of sp³-hybridized carbons (Fsp3) is 0.455. The largest absolute Gasteiger partial charge is 0.507 e. The third kappa shape index (κ3) is 2.85. The molecule has 0 aliphatic rings. The van der Waals surface area contributed by atoms with Gasteiger partial charge in [0.1, 0.15) is 5.75 Å². The van der Waals surface area contributed by atoms with Gasteiger partial charge in [-0.1, -0.05) is 0 Å². The van der Waals surface area contributed by atoms with E-state index in [4.69, 9.17) is 0 Å². The second-order valence-corrected chi connectivity index (χ2v) is 3.48. The second kappa shape index (κ2) is 5.34. The van der Waals surface area contributed by atoms with Gasteiger partial charge < -0.3 is 10.0 Å². The third-order valence-electron chi connectivity index (χ3n) is 2.50. The first-order valence-corrected chi connectivity index (χ1v) is 5.27. The molecule has 5 heteroatoms. The number of benzene rings is 1. The van der Waals surface area contributed by atoms with Crippen molar-refractivity contribution in [3.8, 4) is 5.75 Å². The Balaban J connectivity index is 2.93. The molecule has 1 N–H and O–H groups in total. The summed E-state index contributed by atoms with van der Waals surface area (Å²) in [5.74, 6) is -0.0129. The van der Waals surface area contributed by atoms with Gasteiger partial charge in [0.25, 0.3) is 0 Å². The van der Waals surface area contributed by atoms with E-state index in [9.17, 15) is 15.2 Å². The van der Waals surface area contributed by atoms with E-state index in [0.717, 1.165) is 18.8 Å². The second-order valence-electron chi connectivity index (χ2n) is 3.48. The topological polar surface area (TPSA) is 66.6 Å². The van der Waals surface area contributed by atoms with Gasteiger partial charge in [0.05, 0.1) is 5.56 Å². The van der Waals surface area contributed by atoms with E-state index >= 15 is 0 Å². The van der Waals surface area contributed by atoms with Crippen LogP contribution in [0.2, 0.25) is 0 Å². The lowest BCUT2D eigenvalue weighted by molar-refractivity contribution is -0.496. The van der Waals surface area contributed by atoms with E-state index in [0.29, 0.717) is 5.56 Å². The zero-order valence-corrected chi connectivity index (χ0v) is 9.51. The summed E-state index contributed by atoms with van der Waals surface area (Å²) in [5.41, 5.74) is 1.23. The molecule has 0 heterocycles. The molecule has 0 atom stereocenters. The lowest BCUT2D eigenvalue weighted by Crippen LogP contribution is -2.21. The standard InChI is InChI=1S/C11H16N2O3/c1-3-12(4-2)10-6-5-9(8-13(15)16)11(14)7-10/h5-7,14H,3-4,8H2,1-2H3. The van der Waals surface area contributed by atoms with Gasteiger partial charge in [-0.05, 0) is 26.0 Å². The van der Waals surface area contributed by atoms with Crippen LogP contribution in [0, 0.1) is 10.1 Å². The number of nitrogens with zero attached hydrogens (tertiary/aromatic N) is 2. The number of hydrogen-bond acceptors (Lipinski definition) is 4. The fourth-order valence-electron chi connectivity index (χ4n) is 1.61. The van der Waals surface area contributed by atoms with Crippen LogP contribution in [0.5, 0.6) is 5.75 Å². The van der Waals surface area contributed by atoms with Crippen LogP contribution >= 0.6 is 0 Å². The fourth-order valence-corrected chi connectivity index (χ4v) is 1.61. The lowest BCUT2D eigenvalue weighted by Gasteiger charge is -2.21. The van der Waals surface area contributed by atoms with Crippen molar-refractivity contribution in [3.05, 3.63) is 33.9 Å². The molecule has 0 aromatic heterocycles. The zero-order valence-electron chi connectivity index (χ0n) is 9.51. The minimum Gasteiger partial charge on any atom is -0.507 e. The Labute approximate surface area is 94.5 Å². The molecular formula is C11H16N2O3. The molecule has 0 unspecified atom stereocenters. The number of rotatable bonds is 5. The summed E-state index contributed by atoms with van der Waals surface area (Å²) in [4.78, 5) is 11.9. The Kier molecular flexibility index (Phi) is 4.10. The number of hydrogen-bond donors (Lipinski definition) is 1. The number of aromatic hydroxyl groups is 1. The molecule has 0 spiro atoms. The lowest BCUT2D eigenvalue weighted by atomic mass is 10.1. The molecule has 0 saturated heterocycles. The summed E-state index contributed by atoms with van der Waals surface area (Å²) < 4.78 is 0. The molecule has 88 valence electrons. The van der Waals surface area contributed by atoms with Crippen LogP contribution in [-0.2, 0) is 6.54 Å². The van der Waals surface area contributed by atoms with Crippen molar-refractivity contribution >= 4 is 5.69 Å².